The zero-order valence-corrected chi connectivity index (χ0v) is 17.3. The Bertz CT molecular complexity index is 1190. The van der Waals surface area contributed by atoms with Crippen molar-refractivity contribution in [3.63, 3.8) is 0 Å². The van der Waals surface area contributed by atoms with Crippen LogP contribution in [-0.2, 0) is 11.8 Å². The second-order valence-electron chi connectivity index (χ2n) is 7.02. The van der Waals surface area contributed by atoms with Gasteiger partial charge < -0.3 is 33.2 Å². The maximum absolute atomic E-state index is 13.2. The first-order chi connectivity index (χ1) is 13.6. The van der Waals surface area contributed by atoms with Crippen molar-refractivity contribution in [2.75, 3.05) is 26.3 Å². The van der Waals surface area contributed by atoms with Crippen molar-refractivity contribution in [2.45, 2.75) is 6.92 Å². The number of rotatable bonds is 6. The van der Waals surface area contributed by atoms with Crippen LogP contribution in [0.1, 0.15) is 15.9 Å². The first-order valence-corrected chi connectivity index (χ1v) is 9.49. The van der Waals surface area contributed by atoms with E-state index in [1.165, 1.54) is 5.56 Å². The van der Waals surface area contributed by atoms with Gasteiger partial charge in [0.1, 0.15) is 7.05 Å². The van der Waals surface area contributed by atoms with Gasteiger partial charge in [-0.1, -0.05) is 18.2 Å². The summed E-state index contributed by atoms with van der Waals surface area (Å²) in [5.41, 5.74) is 9.18. The SMILES string of the molecule is Cc1c2c[n+](C)ccc2c(C(=O)NCCOCCN)c2[nH]c3ccccc3c12.[Cl-]. The number of halogens is 1. The number of carbonyl (C=O) groups is 1. The minimum atomic E-state index is -0.105. The number of hydrogen-bond donors (Lipinski definition) is 3. The van der Waals surface area contributed by atoms with E-state index in [0.29, 0.717) is 31.9 Å². The van der Waals surface area contributed by atoms with Crippen LogP contribution in [0.3, 0.4) is 0 Å². The Labute approximate surface area is 175 Å². The second kappa shape index (κ2) is 8.78. The highest BCUT2D eigenvalue weighted by Crippen LogP contribution is 2.36. The molecule has 4 aromatic rings. The number of pyridine rings is 1. The van der Waals surface area contributed by atoms with Gasteiger partial charge in [0.25, 0.3) is 5.91 Å². The summed E-state index contributed by atoms with van der Waals surface area (Å²) in [4.78, 5) is 16.6. The van der Waals surface area contributed by atoms with E-state index in [4.69, 9.17) is 10.5 Å². The molecule has 0 aliphatic rings. The summed E-state index contributed by atoms with van der Waals surface area (Å²) in [6, 6.07) is 10.2. The minimum absolute atomic E-state index is 0. The molecule has 0 aliphatic heterocycles. The van der Waals surface area contributed by atoms with Gasteiger partial charge in [-0.3, -0.25) is 4.79 Å². The number of carbonyl (C=O) groups excluding carboxylic acids is 1. The fourth-order valence-corrected chi connectivity index (χ4v) is 3.85. The largest absolute Gasteiger partial charge is 1.00 e. The quantitative estimate of drug-likeness (QED) is 0.290. The van der Waals surface area contributed by atoms with Crippen LogP contribution in [-0.4, -0.2) is 37.2 Å². The molecular weight excluding hydrogens is 388 g/mol. The number of nitrogens with two attached hydrogens (primary N) is 1. The van der Waals surface area contributed by atoms with Gasteiger partial charge in [-0.05, 0) is 18.6 Å². The molecule has 0 fully saturated rings. The molecule has 2 aromatic heterocycles. The van der Waals surface area contributed by atoms with Crippen molar-refractivity contribution < 1.29 is 26.5 Å². The number of aryl methyl sites for hydroxylation is 2. The second-order valence-corrected chi connectivity index (χ2v) is 7.02. The lowest BCUT2D eigenvalue weighted by Gasteiger charge is -2.12. The maximum atomic E-state index is 13.2. The number of H-pyrrole nitrogens is 1. The van der Waals surface area contributed by atoms with Gasteiger partial charge in [0.2, 0.25) is 0 Å². The van der Waals surface area contributed by atoms with Gasteiger partial charge in [0.05, 0.1) is 29.7 Å². The zero-order chi connectivity index (χ0) is 19.7. The summed E-state index contributed by atoms with van der Waals surface area (Å²) in [6.07, 6.45) is 4.05. The van der Waals surface area contributed by atoms with Crippen molar-refractivity contribution >= 4 is 38.5 Å². The Morgan fingerprint density at radius 3 is 2.76 bits per heavy atom. The summed E-state index contributed by atoms with van der Waals surface area (Å²) < 4.78 is 7.39. The van der Waals surface area contributed by atoms with E-state index in [-0.39, 0.29) is 18.3 Å². The summed E-state index contributed by atoms with van der Waals surface area (Å²) in [5, 5.41) is 7.23. The molecule has 0 saturated carbocycles. The van der Waals surface area contributed by atoms with E-state index in [2.05, 4.69) is 29.5 Å². The van der Waals surface area contributed by atoms with Crippen LogP contribution in [0.2, 0.25) is 0 Å². The highest BCUT2D eigenvalue weighted by atomic mass is 35.5. The number of para-hydroxylation sites is 1. The monoisotopic (exact) mass is 412 g/mol. The van der Waals surface area contributed by atoms with Gasteiger partial charge >= 0.3 is 0 Å². The van der Waals surface area contributed by atoms with Gasteiger partial charge in [-0.15, -0.1) is 0 Å². The number of nitrogens with zero attached hydrogens (tertiary/aromatic N) is 1. The molecule has 6 nitrogen and oxygen atoms in total. The van der Waals surface area contributed by atoms with Crippen LogP contribution in [0.5, 0.6) is 0 Å². The number of hydrogen-bond acceptors (Lipinski definition) is 3. The van der Waals surface area contributed by atoms with Crippen molar-refractivity contribution in [2.24, 2.45) is 12.8 Å². The highest BCUT2D eigenvalue weighted by Gasteiger charge is 2.22. The third-order valence-electron chi connectivity index (χ3n) is 5.12. The van der Waals surface area contributed by atoms with Crippen molar-refractivity contribution in [3.05, 3.63) is 53.9 Å². The summed E-state index contributed by atoms with van der Waals surface area (Å²) in [6.45, 7) is 3.97. The minimum Gasteiger partial charge on any atom is -1.00 e. The van der Waals surface area contributed by atoms with E-state index < -0.39 is 0 Å². The molecule has 152 valence electrons. The van der Waals surface area contributed by atoms with E-state index in [9.17, 15) is 4.79 Å². The average molecular weight is 413 g/mol. The Morgan fingerprint density at radius 2 is 1.97 bits per heavy atom. The summed E-state index contributed by atoms with van der Waals surface area (Å²) in [5.74, 6) is -0.105. The first kappa shape index (κ1) is 21.0. The number of nitrogens with one attached hydrogen (secondary N) is 2. The molecule has 7 heteroatoms. The van der Waals surface area contributed by atoms with E-state index in [0.717, 1.165) is 32.6 Å². The van der Waals surface area contributed by atoms with E-state index in [1.54, 1.807) is 0 Å². The fourth-order valence-electron chi connectivity index (χ4n) is 3.85. The van der Waals surface area contributed by atoms with E-state index in [1.807, 2.05) is 42.1 Å². The molecule has 2 heterocycles. The standard InChI is InChI=1S/C22H24N4O2.ClH/c1-14-17-13-26(2)10-7-15(17)20(22(27)24-9-12-28-11-8-23)21-19(14)16-5-3-4-6-18(16)25-21;/h3-7,10,13H,8-9,11-12,23H2,1-2H3,(H,24,27);1H. The fraction of sp³-hybridized carbons (Fsp3) is 0.273. The topological polar surface area (TPSA) is 84.0 Å². The lowest BCUT2D eigenvalue weighted by molar-refractivity contribution is -0.670. The number of aromatic nitrogens is 2. The molecule has 0 unspecified atom stereocenters. The van der Waals surface area contributed by atoms with Crippen molar-refractivity contribution in [1.29, 1.82) is 0 Å². The molecular formula is C22H25ClN4O2. The predicted octanol–water partition coefficient (Wildman–Crippen LogP) is -0.684. The highest BCUT2D eigenvalue weighted by molar-refractivity contribution is 6.24. The normalized spacial score (nSPS) is 11.1. The van der Waals surface area contributed by atoms with Gasteiger partial charge in [-0.25, -0.2) is 4.57 Å². The van der Waals surface area contributed by atoms with Gasteiger partial charge in [0.15, 0.2) is 12.4 Å². The molecule has 0 saturated heterocycles. The van der Waals surface area contributed by atoms with E-state index >= 15 is 0 Å². The molecule has 0 bridgehead atoms. The molecule has 0 aliphatic carbocycles. The smallest absolute Gasteiger partial charge is 0.254 e. The number of benzene rings is 2. The number of aromatic amines is 1. The van der Waals surface area contributed by atoms with Crippen LogP contribution >= 0.6 is 0 Å². The predicted molar refractivity (Wildman–Crippen MR) is 111 cm³/mol. The number of ether oxygens (including phenoxy) is 1. The van der Waals surface area contributed by atoms with Crippen LogP contribution in [0.4, 0.5) is 0 Å². The maximum Gasteiger partial charge on any atom is 0.254 e. The van der Waals surface area contributed by atoms with Gasteiger partial charge in [0, 0.05) is 40.8 Å². The van der Waals surface area contributed by atoms with Gasteiger partial charge in [-0.2, -0.15) is 0 Å². The summed E-state index contributed by atoms with van der Waals surface area (Å²) in [7, 11) is 1.99. The van der Waals surface area contributed by atoms with Crippen molar-refractivity contribution in [3.8, 4) is 0 Å². The molecule has 0 spiro atoms. The molecule has 29 heavy (non-hydrogen) atoms. The molecule has 0 atom stereocenters. The van der Waals surface area contributed by atoms with Crippen LogP contribution in [0.25, 0.3) is 32.6 Å². The lowest BCUT2D eigenvalue weighted by atomic mass is 9.95. The Kier molecular flexibility index (Phi) is 6.37. The third-order valence-corrected chi connectivity index (χ3v) is 5.12. The average Bonchev–Trinajstić information content (AvgIpc) is 3.08. The lowest BCUT2D eigenvalue weighted by Crippen LogP contribution is -3.00. The molecule has 4 N–H and O–H groups in total. The zero-order valence-electron chi connectivity index (χ0n) is 16.6. The first-order valence-electron chi connectivity index (χ1n) is 9.49. The Balaban J connectivity index is 0.00000240. The summed E-state index contributed by atoms with van der Waals surface area (Å²) >= 11 is 0. The van der Waals surface area contributed by atoms with Crippen molar-refractivity contribution in [1.82, 2.24) is 10.3 Å². The van der Waals surface area contributed by atoms with Crippen LogP contribution in [0, 0.1) is 6.92 Å². The molecule has 2 aromatic carbocycles. The van der Waals surface area contributed by atoms with Crippen LogP contribution in [0.15, 0.2) is 42.7 Å². The van der Waals surface area contributed by atoms with Crippen LogP contribution < -0.4 is 28.0 Å². The number of fused-ring (bicyclic) bond motifs is 4. The molecule has 4 rings (SSSR count). The third kappa shape index (κ3) is 3.79. The number of amides is 1. The molecule has 1 amide bonds. The Morgan fingerprint density at radius 1 is 1.17 bits per heavy atom. The Hall–Kier alpha value is -2.67. The molecule has 0 radical (unpaired) electrons.